The molecule has 1 saturated carbocycles. The normalized spacial score (nSPS) is 15.6. The lowest BCUT2D eigenvalue weighted by Crippen LogP contribution is -2.31. The quantitative estimate of drug-likeness (QED) is 0.776. The molecule has 0 aromatic heterocycles. The molecule has 1 aliphatic carbocycles. The molecule has 1 amide bonds. The standard InChI is InChI=1S/C16H21NO/c1-13(16-6-4-3-5-7-16)10-11-17(14(2)18)12-15-8-9-15/h3-7,10,15H,8-9,11-12H2,1-2H3/b13-10-. The Morgan fingerprint density at radius 2 is 1.94 bits per heavy atom. The van der Waals surface area contributed by atoms with Gasteiger partial charge in [-0.1, -0.05) is 36.4 Å². The highest BCUT2D eigenvalue weighted by Crippen LogP contribution is 2.29. The molecule has 96 valence electrons. The third kappa shape index (κ3) is 3.73. The number of carbonyl (C=O) groups is 1. The highest BCUT2D eigenvalue weighted by molar-refractivity contribution is 5.74. The molecule has 0 bridgehead atoms. The first kappa shape index (κ1) is 12.9. The zero-order chi connectivity index (χ0) is 13.0. The lowest BCUT2D eigenvalue weighted by molar-refractivity contribution is -0.128. The van der Waals surface area contributed by atoms with E-state index in [1.54, 1.807) is 6.92 Å². The fraction of sp³-hybridized carbons (Fsp3) is 0.438. The maximum Gasteiger partial charge on any atom is 0.219 e. The summed E-state index contributed by atoms with van der Waals surface area (Å²) >= 11 is 0. The van der Waals surface area contributed by atoms with Crippen LogP contribution in [0.5, 0.6) is 0 Å². The van der Waals surface area contributed by atoms with E-state index in [4.69, 9.17) is 0 Å². The summed E-state index contributed by atoms with van der Waals surface area (Å²) in [5.41, 5.74) is 2.46. The van der Waals surface area contributed by atoms with E-state index >= 15 is 0 Å². The average molecular weight is 243 g/mol. The Balaban J connectivity index is 1.96. The molecule has 1 aromatic carbocycles. The van der Waals surface area contributed by atoms with E-state index in [0.29, 0.717) is 0 Å². The predicted octanol–water partition coefficient (Wildman–Crippen LogP) is 3.35. The van der Waals surface area contributed by atoms with Gasteiger partial charge in [-0.05, 0) is 36.8 Å². The van der Waals surface area contributed by atoms with Crippen LogP contribution in [0.1, 0.15) is 32.3 Å². The number of benzene rings is 1. The van der Waals surface area contributed by atoms with Gasteiger partial charge in [0.1, 0.15) is 0 Å². The predicted molar refractivity (Wildman–Crippen MR) is 75.1 cm³/mol. The molecule has 1 aliphatic rings. The van der Waals surface area contributed by atoms with Crippen LogP contribution in [0.2, 0.25) is 0 Å². The molecule has 2 heteroatoms. The van der Waals surface area contributed by atoms with E-state index in [1.807, 2.05) is 23.1 Å². The molecule has 2 nitrogen and oxygen atoms in total. The van der Waals surface area contributed by atoms with Gasteiger partial charge in [0.2, 0.25) is 5.91 Å². The van der Waals surface area contributed by atoms with Crippen molar-refractivity contribution in [1.29, 1.82) is 0 Å². The fourth-order valence-electron chi connectivity index (χ4n) is 2.01. The van der Waals surface area contributed by atoms with Gasteiger partial charge in [0.05, 0.1) is 0 Å². The summed E-state index contributed by atoms with van der Waals surface area (Å²) < 4.78 is 0. The molecule has 0 saturated heterocycles. The van der Waals surface area contributed by atoms with Gasteiger partial charge in [0, 0.05) is 20.0 Å². The molecule has 18 heavy (non-hydrogen) atoms. The second kappa shape index (κ2) is 5.85. The summed E-state index contributed by atoms with van der Waals surface area (Å²) in [6.45, 7) is 5.42. The molecule has 1 aromatic rings. The van der Waals surface area contributed by atoms with Gasteiger partial charge in [0.15, 0.2) is 0 Å². The van der Waals surface area contributed by atoms with Crippen LogP contribution in [0.15, 0.2) is 36.4 Å². The summed E-state index contributed by atoms with van der Waals surface area (Å²) in [5, 5.41) is 0. The third-order valence-electron chi connectivity index (χ3n) is 3.47. The molecule has 0 spiro atoms. The van der Waals surface area contributed by atoms with Crippen molar-refractivity contribution < 1.29 is 4.79 Å². The van der Waals surface area contributed by atoms with E-state index in [1.165, 1.54) is 24.0 Å². The molecule has 0 radical (unpaired) electrons. The minimum absolute atomic E-state index is 0.180. The minimum atomic E-state index is 0.180. The summed E-state index contributed by atoms with van der Waals surface area (Å²) in [5.74, 6) is 0.929. The summed E-state index contributed by atoms with van der Waals surface area (Å²) in [4.78, 5) is 13.5. The lowest BCUT2D eigenvalue weighted by atomic mass is 10.1. The van der Waals surface area contributed by atoms with Crippen LogP contribution in [0, 0.1) is 5.92 Å². The van der Waals surface area contributed by atoms with Crippen LogP contribution < -0.4 is 0 Å². The number of hydrogen-bond donors (Lipinski definition) is 0. The summed E-state index contributed by atoms with van der Waals surface area (Å²) in [6, 6.07) is 10.3. The topological polar surface area (TPSA) is 20.3 Å². The van der Waals surface area contributed by atoms with Gasteiger partial charge in [-0.25, -0.2) is 0 Å². The van der Waals surface area contributed by atoms with E-state index in [-0.39, 0.29) is 5.91 Å². The Morgan fingerprint density at radius 1 is 1.28 bits per heavy atom. The van der Waals surface area contributed by atoms with Crippen LogP contribution in [0.3, 0.4) is 0 Å². The Labute approximate surface area is 109 Å². The molecule has 0 unspecified atom stereocenters. The molecule has 1 fully saturated rings. The van der Waals surface area contributed by atoms with E-state index in [2.05, 4.69) is 25.1 Å². The minimum Gasteiger partial charge on any atom is -0.339 e. The van der Waals surface area contributed by atoms with E-state index < -0.39 is 0 Å². The van der Waals surface area contributed by atoms with Crippen LogP contribution in [0.4, 0.5) is 0 Å². The maximum atomic E-state index is 11.6. The van der Waals surface area contributed by atoms with Crippen molar-refractivity contribution in [3.05, 3.63) is 42.0 Å². The molecule has 0 heterocycles. The Bertz CT molecular complexity index is 432. The monoisotopic (exact) mass is 243 g/mol. The van der Waals surface area contributed by atoms with Crippen molar-refractivity contribution in [3.8, 4) is 0 Å². The average Bonchev–Trinajstić information content (AvgIpc) is 3.18. The second-order valence-corrected chi connectivity index (χ2v) is 5.12. The fourth-order valence-corrected chi connectivity index (χ4v) is 2.01. The van der Waals surface area contributed by atoms with Crippen LogP contribution >= 0.6 is 0 Å². The first-order valence-corrected chi connectivity index (χ1v) is 6.64. The zero-order valence-corrected chi connectivity index (χ0v) is 11.2. The number of rotatable bonds is 5. The molecule has 2 rings (SSSR count). The van der Waals surface area contributed by atoms with Crippen LogP contribution in [-0.4, -0.2) is 23.9 Å². The van der Waals surface area contributed by atoms with Crippen molar-refractivity contribution in [3.63, 3.8) is 0 Å². The Morgan fingerprint density at radius 3 is 2.50 bits per heavy atom. The maximum absolute atomic E-state index is 11.6. The SMILES string of the molecule is CC(=O)N(C/C=C(/C)c1ccccc1)CC1CC1. The molecular weight excluding hydrogens is 222 g/mol. The number of allylic oxidation sites excluding steroid dienone is 1. The van der Waals surface area contributed by atoms with E-state index in [9.17, 15) is 4.79 Å². The van der Waals surface area contributed by atoms with Gasteiger partial charge < -0.3 is 4.90 Å². The highest BCUT2D eigenvalue weighted by atomic mass is 16.2. The summed E-state index contributed by atoms with van der Waals surface area (Å²) in [7, 11) is 0. The van der Waals surface area contributed by atoms with Crippen molar-refractivity contribution in [1.82, 2.24) is 4.90 Å². The first-order chi connectivity index (χ1) is 8.66. The van der Waals surface area contributed by atoms with Crippen molar-refractivity contribution >= 4 is 11.5 Å². The number of nitrogens with zero attached hydrogens (tertiary/aromatic N) is 1. The first-order valence-electron chi connectivity index (χ1n) is 6.64. The Hall–Kier alpha value is -1.57. The van der Waals surface area contributed by atoms with Gasteiger partial charge in [-0.2, -0.15) is 0 Å². The smallest absolute Gasteiger partial charge is 0.219 e. The lowest BCUT2D eigenvalue weighted by Gasteiger charge is -2.19. The number of hydrogen-bond acceptors (Lipinski definition) is 1. The number of amides is 1. The number of carbonyl (C=O) groups excluding carboxylic acids is 1. The Kier molecular flexibility index (Phi) is 4.19. The van der Waals surface area contributed by atoms with Gasteiger partial charge in [-0.3, -0.25) is 4.79 Å². The second-order valence-electron chi connectivity index (χ2n) is 5.12. The largest absolute Gasteiger partial charge is 0.339 e. The van der Waals surface area contributed by atoms with Crippen LogP contribution in [0.25, 0.3) is 5.57 Å². The highest BCUT2D eigenvalue weighted by Gasteiger charge is 2.24. The zero-order valence-electron chi connectivity index (χ0n) is 11.2. The van der Waals surface area contributed by atoms with E-state index in [0.717, 1.165) is 19.0 Å². The van der Waals surface area contributed by atoms with Gasteiger partial charge in [-0.15, -0.1) is 0 Å². The van der Waals surface area contributed by atoms with Crippen molar-refractivity contribution in [2.75, 3.05) is 13.1 Å². The third-order valence-corrected chi connectivity index (χ3v) is 3.47. The summed E-state index contributed by atoms with van der Waals surface area (Å²) in [6.07, 6.45) is 4.72. The van der Waals surface area contributed by atoms with Crippen molar-refractivity contribution in [2.45, 2.75) is 26.7 Å². The van der Waals surface area contributed by atoms with Gasteiger partial charge >= 0.3 is 0 Å². The van der Waals surface area contributed by atoms with Crippen molar-refractivity contribution in [2.24, 2.45) is 5.92 Å². The van der Waals surface area contributed by atoms with Crippen LogP contribution in [-0.2, 0) is 4.79 Å². The van der Waals surface area contributed by atoms with Gasteiger partial charge in [0.25, 0.3) is 0 Å². The molecule has 0 aliphatic heterocycles. The molecule has 0 atom stereocenters. The molecule has 0 N–H and O–H groups in total. The molecular formula is C16H21NO.